The molecular weight excluding hydrogens is 235 g/mol. The molecule has 1 unspecified atom stereocenters. The third-order valence-corrected chi connectivity index (χ3v) is 2.93. The first kappa shape index (κ1) is 12.0. The molecule has 0 aliphatic rings. The van der Waals surface area contributed by atoms with Crippen LogP contribution in [0.25, 0.3) is 0 Å². The molecule has 2 N–H and O–H groups in total. The predicted molar refractivity (Wildman–Crippen MR) is 45.1 cm³/mol. The maximum Gasteiger partial charge on any atom is 0.511 e. The van der Waals surface area contributed by atoms with E-state index in [1.54, 1.807) is 0 Å². The van der Waals surface area contributed by atoms with Crippen molar-refractivity contribution in [3.8, 4) is 0 Å². The molecule has 1 heterocycles. The van der Waals surface area contributed by atoms with Crippen LogP contribution in [0.1, 0.15) is 18.5 Å². The summed E-state index contributed by atoms with van der Waals surface area (Å²) >= 11 is 0. The Labute approximate surface area is 83.7 Å². The quantitative estimate of drug-likeness (QED) is 0.828. The largest absolute Gasteiger partial charge is 0.511 e. The Bertz CT molecular complexity index is 411. The van der Waals surface area contributed by atoms with E-state index in [2.05, 4.69) is 10.2 Å². The second-order valence-electron chi connectivity index (χ2n) is 2.82. The number of aromatic amines is 1. The number of nitrogens with one attached hydrogen (secondary N) is 2. The predicted octanol–water partition coefficient (Wildman–Crippen LogP) is 0.910. The molecule has 0 fully saturated rings. The van der Waals surface area contributed by atoms with Gasteiger partial charge in [-0.15, -0.1) is 0 Å². The van der Waals surface area contributed by atoms with Crippen LogP contribution in [0.3, 0.4) is 0 Å². The summed E-state index contributed by atoms with van der Waals surface area (Å²) in [6.45, 7) is 1.29. The van der Waals surface area contributed by atoms with Crippen LogP contribution in [0.15, 0.2) is 12.4 Å². The molecule has 0 aliphatic heterocycles. The van der Waals surface area contributed by atoms with Crippen molar-refractivity contribution in [2.45, 2.75) is 18.5 Å². The molecule has 1 aromatic rings. The van der Waals surface area contributed by atoms with E-state index in [1.807, 2.05) is 0 Å². The molecule has 1 rings (SSSR count). The molecule has 0 amide bonds. The van der Waals surface area contributed by atoms with Crippen molar-refractivity contribution < 1.29 is 21.6 Å². The highest BCUT2D eigenvalue weighted by atomic mass is 32.2. The zero-order valence-corrected chi connectivity index (χ0v) is 8.35. The standard InChI is InChI=1S/C6H8F3N3O2S/c1-4(5-2-10-11-3-5)12-15(13,14)6(7,8)9/h2-4,12H,1H3,(H,10,11). The topological polar surface area (TPSA) is 74.8 Å². The molecule has 0 spiro atoms. The summed E-state index contributed by atoms with van der Waals surface area (Å²) in [6.07, 6.45) is 2.55. The van der Waals surface area contributed by atoms with Crippen LogP contribution in [-0.2, 0) is 10.0 Å². The van der Waals surface area contributed by atoms with E-state index in [4.69, 9.17) is 0 Å². The number of H-pyrrole nitrogens is 1. The first-order chi connectivity index (χ1) is 6.74. The fourth-order valence-electron chi connectivity index (χ4n) is 0.865. The van der Waals surface area contributed by atoms with Gasteiger partial charge < -0.3 is 0 Å². The van der Waals surface area contributed by atoms with E-state index in [0.29, 0.717) is 5.56 Å². The molecule has 9 heteroatoms. The summed E-state index contributed by atoms with van der Waals surface area (Å²) < 4.78 is 58.8. The molecule has 0 radical (unpaired) electrons. The van der Waals surface area contributed by atoms with E-state index < -0.39 is 21.6 Å². The highest BCUT2D eigenvalue weighted by Gasteiger charge is 2.46. The van der Waals surface area contributed by atoms with Gasteiger partial charge in [0, 0.05) is 17.8 Å². The van der Waals surface area contributed by atoms with Crippen molar-refractivity contribution in [2.75, 3.05) is 0 Å². The maximum atomic E-state index is 12.0. The summed E-state index contributed by atoms with van der Waals surface area (Å²) in [5.41, 5.74) is -4.98. The Balaban J connectivity index is 2.80. The Morgan fingerprint density at radius 3 is 2.53 bits per heavy atom. The van der Waals surface area contributed by atoms with Gasteiger partial charge in [0.15, 0.2) is 0 Å². The lowest BCUT2D eigenvalue weighted by molar-refractivity contribution is -0.0450. The highest BCUT2D eigenvalue weighted by molar-refractivity contribution is 7.90. The lowest BCUT2D eigenvalue weighted by Gasteiger charge is -2.14. The van der Waals surface area contributed by atoms with E-state index in [-0.39, 0.29) is 0 Å². The first-order valence-electron chi connectivity index (χ1n) is 3.81. The Hall–Kier alpha value is -1.09. The minimum absolute atomic E-state index is 0.322. The molecule has 0 saturated heterocycles. The Morgan fingerprint density at radius 2 is 2.13 bits per heavy atom. The van der Waals surface area contributed by atoms with Gasteiger partial charge in [-0.2, -0.15) is 18.3 Å². The van der Waals surface area contributed by atoms with E-state index in [9.17, 15) is 21.6 Å². The molecule has 86 valence electrons. The van der Waals surface area contributed by atoms with E-state index >= 15 is 0 Å². The number of hydrogen-bond donors (Lipinski definition) is 2. The summed E-state index contributed by atoms with van der Waals surface area (Å²) in [7, 11) is -5.31. The van der Waals surface area contributed by atoms with E-state index in [1.165, 1.54) is 24.0 Å². The third kappa shape index (κ3) is 2.69. The second-order valence-corrected chi connectivity index (χ2v) is 4.53. The fraction of sp³-hybridized carbons (Fsp3) is 0.500. The lowest BCUT2D eigenvalue weighted by atomic mass is 10.2. The van der Waals surface area contributed by atoms with Gasteiger partial charge in [0.05, 0.1) is 6.20 Å². The average molecular weight is 243 g/mol. The van der Waals surface area contributed by atoms with E-state index in [0.717, 1.165) is 0 Å². The van der Waals surface area contributed by atoms with Crippen LogP contribution in [-0.4, -0.2) is 24.1 Å². The molecule has 0 aromatic carbocycles. The normalized spacial score (nSPS) is 15.2. The molecule has 1 aromatic heterocycles. The zero-order chi connectivity index (χ0) is 11.7. The number of halogens is 3. The van der Waals surface area contributed by atoms with Crippen molar-refractivity contribution in [1.82, 2.24) is 14.9 Å². The van der Waals surface area contributed by atoms with Crippen LogP contribution in [0.4, 0.5) is 13.2 Å². The Morgan fingerprint density at radius 1 is 1.53 bits per heavy atom. The second kappa shape index (κ2) is 3.81. The molecule has 0 aliphatic carbocycles. The molecular formula is C6H8F3N3O2S. The molecule has 1 atom stereocenters. The summed E-state index contributed by atoms with van der Waals surface area (Å²) in [4.78, 5) is 0. The van der Waals surface area contributed by atoms with Gasteiger partial charge in [-0.25, -0.2) is 13.1 Å². The van der Waals surface area contributed by atoms with Gasteiger partial charge in [0.1, 0.15) is 0 Å². The third-order valence-electron chi connectivity index (χ3n) is 1.66. The van der Waals surface area contributed by atoms with Crippen LogP contribution in [0.2, 0.25) is 0 Å². The van der Waals surface area contributed by atoms with Gasteiger partial charge >= 0.3 is 15.5 Å². The van der Waals surface area contributed by atoms with Crippen molar-refractivity contribution in [1.29, 1.82) is 0 Å². The summed E-state index contributed by atoms with van der Waals surface area (Å²) in [6, 6.07) is -0.990. The highest BCUT2D eigenvalue weighted by Crippen LogP contribution is 2.24. The zero-order valence-electron chi connectivity index (χ0n) is 7.54. The lowest BCUT2D eigenvalue weighted by Crippen LogP contribution is -2.37. The number of sulfonamides is 1. The van der Waals surface area contributed by atoms with Crippen LogP contribution < -0.4 is 4.72 Å². The van der Waals surface area contributed by atoms with Gasteiger partial charge in [-0.05, 0) is 6.92 Å². The maximum absolute atomic E-state index is 12.0. The minimum atomic E-state index is -5.31. The number of aromatic nitrogens is 2. The minimum Gasteiger partial charge on any atom is -0.285 e. The summed E-state index contributed by atoms with van der Waals surface area (Å²) in [5.74, 6) is 0. The SMILES string of the molecule is CC(NS(=O)(=O)C(F)(F)F)c1cn[nH]c1. The van der Waals surface area contributed by atoms with Gasteiger partial charge in [-0.1, -0.05) is 0 Å². The molecule has 0 bridgehead atoms. The summed E-state index contributed by atoms with van der Waals surface area (Å²) in [5, 5.41) is 5.86. The van der Waals surface area contributed by atoms with Gasteiger partial charge in [0.25, 0.3) is 0 Å². The Kier molecular flexibility index (Phi) is 3.05. The fourth-order valence-corrected chi connectivity index (χ4v) is 1.60. The molecule has 15 heavy (non-hydrogen) atoms. The van der Waals surface area contributed by atoms with Crippen molar-refractivity contribution in [2.24, 2.45) is 0 Å². The number of hydrogen-bond acceptors (Lipinski definition) is 3. The molecule has 0 saturated carbocycles. The van der Waals surface area contributed by atoms with Gasteiger partial charge in [0.2, 0.25) is 0 Å². The van der Waals surface area contributed by atoms with Crippen LogP contribution in [0, 0.1) is 0 Å². The van der Waals surface area contributed by atoms with Crippen molar-refractivity contribution in [3.63, 3.8) is 0 Å². The number of alkyl halides is 3. The number of nitrogens with zero attached hydrogens (tertiary/aromatic N) is 1. The number of rotatable bonds is 3. The monoisotopic (exact) mass is 243 g/mol. The van der Waals surface area contributed by atoms with Crippen LogP contribution >= 0.6 is 0 Å². The smallest absolute Gasteiger partial charge is 0.285 e. The van der Waals surface area contributed by atoms with Gasteiger partial charge in [-0.3, -0.25) is 5.10 Å². The molecule has 5 nitrogen and oxygen atoms in total. The average Bonchev–Trinajstić information content (AvgIpc) is 2.51. The van der Waals surface area contributed by atoms with Crippen molar-refractivity contribution >= 4 is 10.0 Å². The van der Waals surface area contributed by atoms with Crippen LogP contribution in [0.5, 0.6) is 0 Å². The first-order valence-corrected chi connectivity index (χ1v) is 5.29. The van der Waals surface area contributed by atoms with Crippen molar-refractivity contribution in [3.05, 3.63) is 18.0 Å².